The minimum Gasteiger partial charge on any atom is -0.493 e. The minimum atomic E-state index is -0.559. The number of carbonyl (C=O) groups is 1. The first-order valence-corrected chi connectivity index (χ1v) is 10.5. The van der Waals surface area contributed by atoms with Crippen molar-refractivity contribution < 1.29 is 19.0 Å². The number of benzene rings is 2. The number of aromatic nitrogens is 1. The van der Waals surface area contributed by atoms with Gasteiger partial charge in [0.15, 0.2) is 11.5 Å². The van der Waals surface area contributed by atoms with Gasteiger partial charge < -0.3 is 19.1 Å². The van der Waals surface area contributed by atoms with Crippen LogP contribution in [0, 0.1) is 0 Å². The molecule has 0 spiro atoms. The Labute approximate surface area is 189 Å². The van der Waals surface area contributed by atoms with E-state index in [-0.39, 0.29) is 5.97 Å². The van der Waals surface area contributed by atoms with E-state index in [9.17, 15) is 4.79 Å². The van der Waals surface area contributed by atoms with Gasteiger partial charge >= 0.3 is 5.97 Å². The SMILES string of the molecule is COc1ccc(N(CCc2cccnc2)c2cccc(C(=O)OC(C)(C)C)c2)cc1OC. The number of esters is 1. The maximum atomic E-state index is 12.6. The molecule has 0 saturated heterocycles. The summed E-state index contributed by atoms with van der Waals surface area (Å²) in [5.41, 5.74) is 2.87. The maximum absolute atomic E-state index is 12.6. The molecule has 0 radical (unpaired) electrons. The van der Waals surface area contributed by atoms with Crippen molar-refractivity contribution in [3.63, 3.8) is 0 Å². The van der Waals surface area contributed by atoms with Gasteiger partial charge in [0.25, 0.3) is 0 Å². The number of hydrogen-bond donors (Lipinski definition) is 0. The van der Waals surface area contributed by atoms with E-state index >= 15 is 0 Å². The zero-order valence-corrected chi connectivity index (χ0v) is 19.3. The van der Waals surface area contributed by atoms with Crippen LogP contribution >= 0.6 is 0 Å². The molecular formula is C26H30N2O4. The predicted molar refractivity (Wildman–Crippen MR) is 126 cm³/mol. The first kappa shape index (κ1) is 23.1. The predicted octanol–water partition coefficient (Wildman–Crippen LogP) is 5.43. The topological polar surface area (TPSA) is 60.9 Å². The average molecular weight is 435 g/mol. The molecule has 1 aromatic heterocycles. The Bertz CT molecular complexity index is 1050. The van der Waals surface area contributed by atoms with Gasteiger partial charge in [0.05, 0.1) is 19.8 Å². The summed E-state index contributed by atoms with van der Waals surface area (Å²) in [4.78, 5) is 19.0. The molecule has 2 aromatic carbocycles. The second-order valence-corrected chi connectivity index (χ2v) is 8.35. The Balaban J connectivity index is 1.97. The highest BCUT2D eigenvalue weighted by molar-refractivity contribution is 5.91. The summed E-state index contributed by atoms with van der Waals surface area (Å²) in [6.45, 7) is 6.26. The van der Waals surface area contributed by atoms with Crippen molar-refractivity contribution in [2.45, 2.75) is 32.8 Å². The van der Waals surface area contributed by atoms with E-state index in [0.717, 1.165) is 23.4 Å². The molecule has 0 bridgehead atoms. The molecule has 3 aromatic rings. The number of carbonyl (C=O) groups excluding carboxylic acids is 1. The van der Waals surface area contributed by atoms with Crippen LogP contribution in [0.25, 0.3) is 0 Å². The molecule has 6 nitrogen and oxygen atoms in total. The van der Waals surface area contributed by atoms with Gasteiger partial charge in [-0.2, -0.15) is 0 Å². The molecule has 1 heterocycles. The van der Waals surface area contributed by atoms with Gasteiger partial charge in [0.2, 0.25) is 0 Å². The standard InChI is InChI=1S/C26H30N2O4/c1-26(2,3)32-25(29)20-9-6-10-21(16-20)28(15-13-19-8-7-14-27-18-19)22-11-12-23(30-4)24(17-22)31-5/h6-12,14,16-18H,13,15H2,1-5H3. The van der Waals surface area contributed by atoms with Crippen LogP contribution in [-0.2, 0) is 11.2 Å². The largest absolute Gasteiger partial charge is 0.493 e. The van der Waals surface area contributed by atoms with Crippen LogP contribution in [0.15, 0.2) is 67.0 Å². The summed E-state index contributed by atoms with van der Waals surface area (Å²) in [5, 5.41) is 0. The third-order valence-corrected chi connectivity index (χ3v) is 4.82. The fourth-order valence-corrected chi connectivity index (χ4v) is 3.32. The Morgan fingerprint density at radius 3 is 2.34 bits per heavy atom. The molecule has 0 amide bonds. The van der Waals surface area contributed by atoms with Gasteiger partial charge in [-0.05, 0) is 69.2 Å². The lowest BCUT2D eigenvalue weighted by Gasteiger charge is -2.27. The van der Waals surface area contributed by atoms with E-state index in [0.29, 0.717) is 23.6 Å². The van der Waals surface area contributed by atoms with E-state index < -0.39 is 5.60 Å². The van der Waals surface area contributed by atoms with Crippen molar-refractivity contribution in [2.75, 3.05) is 25.7 Å². The van der Waals surface area contributed by atoms with Gasteiger partial charge in [-0.25, -0.2) is 4.79 Å². The summed E-state index contributed by atoms with van der Waals surface area (Å²) >= 11 is 0. The number of methoxy groups -OCH3 is 2. The lowest BCUT2D eigenvalue weighted by Crippen LogP contribution is -2.24. The van der Waals surface area contributed by atoms with Gasteiger partial charge in [-0.15, -0.1) is 0 Å². The van der Waals surface area contributed by atoms with Crippen molar-refractivity contribution in [3.8, 4) is 11.5 Å². The zero-order chi connectivity index (χ0) is 23.1. The van der Waals surface area contributed by atoms with Crippen molar-refractivity contribution in [3.05, 3.63) is 78.1 Å². The van der Waals surface area contributed by atoms with Gasteiger partial charge in [0.1, 0.15) is 5.60 Å². The highest BCUT2D eigenvalue weighted by Crippen LogP contribution is 2.35. The second-order valence-electron chi connectivity index (χ2n) is 8.35. The number of hydrogen-bond acceptors (Lipinski definition) is 6. The summed E-state index contributed by atoms with van der Waals surface area (Å²) in [6.07, 6.45) is 4.41. The first-order chi connectivity index (χ1) is 15.3. The summed E-state index contributed by atoms with van der Waals surface area (Å²) in [5.74, 6) is 0.949. The van der Waals surface area contributed by atoms with Crippen LogP contribution < -0.4 is 14.4 Å². The molecular weight excluding hydrogens is 404 g/mol. The molecule has 0 aliphatic heterocycles. The van der Waals surface area contributed by atoms with Crippen molar-refractivity contribution in [2.24, 2.45) is 0 Å². The molecule has 0 N–H and O–H groups in total. The van der Waals surface area contributed by atoms with E-state index in [1.54, 1.807) is 26.5 Å². The minimum absolute atomic E-state index is 0.348. The fourth-order valence-electron chi connectivity index (χ4n) is 3.32. The Morgan fingerprint density at radius 1 is 0.938 bits per heavy atom. The van der Waals surface area contributed by atoms with Crippen LogP contribution in [0.3, 0.4) is 0 Å². The summed E-state index contributed by atoms with van der Waals surface area (Å²) in [7, 11) is 3.23. The molecule has 0 fully saturated rings. The van der Waals surface area contributed by atoms with Gasteiger partial charge in [-0.3, -0.25) is 4.98 Å². The zero-order valence-electron chi connectivity index (χ0n) is 19.3. The molecule has 0 unspecified atom stereocenters. The summed E-state index contributed by atoms with van der Waals surface area (Å²) < 4.78 is 16.5. The smallest absolute Gasteiger partial charge is 0.338 e. The normalized spacial score (nSPS) is 11.0. The lowest BCUT2D eigenvalue weighted by atomic mass is 10.1. The van der Waals surface area contributed by atoms with Crippen LogP contribution in [0.4, 0.5) is 11.4 Å². The summed E-state index contributed by atoms with van der Waals surface area (Å²) in [6, 6.07) is 17.2. The lowest BCUT2D eigenvalue weighted by molar-refractivity contribution is 0.00695. The number of ether oxygens (including phenoxy) is 3. The molecule has 0 atom stereocenters. The quantitative estimate of drug-likeness (QED) is 0.440. The number of rotatable bonds is 8. The van der Waals surface area contributed by atoms with Gasteiger partial charge in [-0.1, -0.05) is 12.1 Å². The second kappa shape index (κ2) is 10.2. The van der Waals surface area contributed by atoms with E-state index in [2.05, 4.69) is 16.0 Å². The Kier molecular flexibility index (Phi) is 7.36. The highest BCUT2D eigenvalue weighted by Gasteiger charge is 2.20. The van der Waals surface area contributed by atoms with Crippen molar-refractivity contribution >= 4 is 17.3 Å². The van der Waals surface area contributed by atoms with Crippen LogP contribution in [-0.4, -0.2) is 37.3 Å². The monoisotopic (exact) mass is 434 g/mol. The number of pyridine rings is 1. The molecule has 0 aliphatic rings. The molecule has 168 valence electrons. The average Bonchev–Trinajstić information content (AvgIpc) is 2.79. The first-order valence-electron chi connectivity index (χ1n) is 10.5. The van der Waals surface area contributed by atoms with E-state index in [1.165, 1.54) is 0 Å². The number of anilines is 2. The molecule has 3 rings (SSSR count). The van der Waals surface area contributed by atoms with Crippen LogP contribution in [0.1, 0.15) is 36.7 Å². The van der Waals surface area contributed by atoms with Crippen molar-refractivity contribution in [1.29, 1.82) is 0 Å². The fraction of sp³-hybridized carbons (Fsp3) is 0.308. The molecule has 0 aliphatic carbocycles. The third-order valence-electron chi connectivity index (χ3n) is 4.82. The number of nitrogens with zero attached hydrogens (tertiary/aromatic N) is 2. The third kappa shape index (κ3) is 6.00. The van der Waals surface area contributed by atoms with Crippen LogP contribution in [0.5, 0.6) is 11.5 Å². The maximum Gasteiger partial charge on any atom is 0.338 e. The Morgan fingerprint density at radius 2 is 1.69 bits per heavy atom. The molecule has 32 heavy (non-hydrogen) atoms. The molecule has 0 saturated carbocycles. The van der Waals surface area contributed by atoms with Gasteiger partial charge in [0, 0.05) is 36.4 Å². The highest BCUT2D eigenvalue weighted by atomic mass is 16.6. The van der Waals surface area contributed by atoms with Crippen molar-refractivity contribution in [1.82, 2.24) is 4.98 Å². The van der Waals surface area contributed by atoms with Crippen LogP contribution in [0.2, 0.25) is 0 Å². The van der Waals surface area contributed by atoms with E-state index in [1.807, 2.05) is 69.4 Å². The molecule has 6 heteroatoms. The Hall–Kier alpha value is -3.54. The van der Waals surface area contributed by atoms with E-state index in [4.69, 9.17) is 14.2 Å².